The highest BCUT2D eigenvalue weighted by Crippen LogP contribution is 2.34. The van der Waals surface area contributed by atoms with Gasteiger partial charge in [-0.05, 0) is 44.2 Å². The number of hydrogen-bond donors (Lipinski definition) is 0. The second kappa shape index (κ2) is 6.47. The average Bonchev–Trinajstić information content (AvgIpc) is 3.09. The molecule has 136 valence electrons. The number of halogens is 1. The van der Waals surface area contributed by atoms with Gasteiger partial charge in [0, 0.05) is 27.6 Å². The third-order valence-electron chi connectivity index (χ3n) is 5.07. The lowest BCUT2D eigenvalue weighted by molar-refractivity contribution is 0.917. The quantitative estimate of drug-likeness (QED) is 0.348. The van der Waals surface area contributed by atoms with Crippen molar-refractivity contribution in [3.8, 4) is 16.9 Å². The highest BCUT2D eigenvalue weighted by Gasteiger charge is 2.17. The Morgan fingerprint density at radius 2 is 1.46 bits per heavy atom. The molecule has 0 amide bonds. The highest BCUT2D eigenvalue weighted by atomic mass is 35.5. The minimum Gasteiger partial charge on any atom is -0.255 e. The molecule has 5 rings (SSSR count). The Kier molecular flexibility index (Phi) is 3.92. The summed E-state index contributed by atoms with van der Waals surface area (Å²) in [6, 6.07) is 22.7. The predicted molar refractivity (Wildman–Crippen MR) is 116 cm³/mol. The maximum absolute atomic E-state index is 6.20. The van der Waals surface area contributed by atoms with Crippen LogP contribution in [0, 0.1) is 13.8 Å². The molecular weight excluding hydrogens is 366 g/mol. The van der Waals surface area contributed by atoms with Crippen LogP contribution in [0.25, 0.3) is 38.8 Å². The monoisotopic (exact) mass is 383 g/mol. The van der Waals surface area contributed by atoms with Crippen molar-refractivity contribution < 1.29 is 0 Å². The summed E-state index contributed by atoms with van der Waals surface area (Å²) in [5, 5.41) is 7.75. The number of hydrogen-bond acceptors (Lipinski definition) is 2. The Labute approximate surface area is 168 Å². The first-order chi connectivity index (χ1) is 13.6. The molecular formula is C24H18ClN3. The predicted octanol–water partition coefficient (Wildman–Crippen LogP) is 6.51. The normalized spacial score (nSPS) is 11.4. The minimum atomic E-state index is 0.680. The molecule has 0 N–H and O–H groups in total. The van der Waals surface area contributed by atoms with Gasteiger partial charge in [-0.1, -0.05) is 59.1 Å². The van der Waals surface area contributed by atoms with Gasteiger partial charge in [0.1, 0.15) is 5.69 Å². The first-order valence-corrected chi connectivity index (χ1v) is 9.59. The van der Waals surface area contributed by atoms with Crippen LogP contribution >= 0.6 is 11.6 Å². The Morgan fingerprint density at radius 3 is 2.18 bits per heavy atom. The lowest BCUT2D eigenvalue weighted by atomic mass is 10.1. The van der Waals surface area contributed by atoms with Crippen LogP contribution in [0.5, 0.6) is 0 Å². The van der Waals surface area contributed by atoms with E-state index in [2.05, 4.69) is 67.4 Å². The summed E-state index contributed by atoms with van der Waals surface area (Å²) >= 11 is 6.20. The van der Waals surface area contributed by atoms with E-state index < -0.39 is 0 Å². The van der Waals surface area contributed by atoms with Crippen molar-refractivity contribution in [2.45, 2.75) is 13.8 Å². The molecule has 3 nitrogen and oxygen atoms in total. The van der Waals surface area contributed by atoms with Gasteiger partial charge in [-0.25, -0.2) is 4.68 Å². The number of nitrogens with zero attached hydrogens (tertiary/aromatic N) is 3. The van der Waals surface area contributed by atoms with Gasteiger partial charge in [-0.15, -0.1) is 0 Å². The summed E-state index contributed by atoms with van der Waals surface area (Å²) < 4.78 is 2.02. The summed E-state index contributed by atoms with van der Waals surface area (Å²) in [5.74, 6) is 0. The van der Waals surface area contributed by atoms with Crippen molar-refractivity contribution in [3.05, 3.63) is 89.1 Å². The number of benzene rings is 3. The van der Waals surface area contributed by atoms with Gasteiger partial charge >= 0.3 is 0 Å². The van der Waals surface area contributed by atoms with Crippen molar-refractivity contribution >= 4 is 33.4 Å². The Bertz CT molecular complexity index is 1320. The molecule has 0 radical (unpaired) electrons. The summed E-state index contributed by atoms with van der Waals surface area (Å²) in [4.78, 5) is 4.66. The molecule has 5 aromatic rings. The third kappa shape index (κ3) is 2.76. The average molecular weight is 384 g/mol. The Hall–Kier alpha value is -3.17. The Balaban J connectivity index is 1.88. The molecule has 0 aliphatic carbocycles. The third-order valence-corrected chi connectivity index (χ3v) is 5.31. The number of rotatable bonds is 2. The van der Waals surface area contributed by atoms with E-state index >= 15 is 0 Å². The zero-order chi connectivity index (χ0) is 19.3. The van der Waals surface area contributed by atoms with E-state index in [9.17, 15) is 0 Å². The molecule has 0 bridgehead atoms. The van der Waals surface area contributed by atoms with E-state index in [1.807, 2.05) is 29.1 Å². The smallest absolute Gasteiger partial charge is 0.102 e. The van der Waals surface area contributed by atoms with Crippen LogP contribution in [0.15, 0.2) is 72.9 Å². The van der Waals surface area contributed by atoms with Crippen molar-refractivity contribution in [3.63, 3.8) is 0 Å². The molecule has 3 aromatic carbocycles. The lowest BCUT2D eigenvalue weighted by Gasteiger charge is -2.06. The van der Waals surface area contributed by atoms with Crippen LogP contribution in [-0.4, -0.2) is 14.8 Å². The van der Waals surface area contributed by atoms with E-state index in [4.69, 9.17) is 16.7 Å². The first kappa shape index (κ1) is 17.0. The number of pyridine rings is 1. The van der Waals surface area contributed by atoms with E-state index in [0.717, 1.165) is 38.8 Å². The maximum atomic E-state index is 6.20. The molecule has 28 heavy (non-hydrogen) atoms. The summed E-state index contributed by atoms with van der Waals surface area (Å²) in [6.45, 7) is 4.18. The molecule has 4 heteroatoms. The lowest BCUT2D eigenvalue weighted by Crippen LogP contribution is -1.97. The zero-order valence-corrected chi connectivity index (χ0v) is 16.4. The van der Waals surface area contributed by atoms with Gasteiger partial charge in [-0.2, -0.15) is 5.10 Å². The van der Waals surface area contributed by atoms with E-state index in [1.54, 1.807) is 0 Å². The second-order valence-corrected chi connectivity index (χ2v) is 7.58. The maximum Gasteiger partial charge on any atom is 0.102 e. The second-order valence-electron chi connectivity index (χ2n) is 7.14. The molecule has 2 heterocycles. The molecule has 0 aliphatic heterocycles. The number of aryl methyl sites for hydroxylation is 2. The molecule has 0 unspecified atom stereocenters. The van der Waals surface area contributed by atoms with Crippen LogP contribution in [0.1, 0.15) is 11.1 Å². The van der Waals surface area contributed by atoms with Crippen LogP contribution < -0.4 is 0 Å². The van der Waals surface area contributed by atoms with Gasteiger partial charge < -0.3 is 0 Å². The summed E-state index contributed by atoms with van der Waals surface area (Å²) in [5.41, 5.74) is 7.39. The van der Waals surface area contributed by atoms with Gasteiger partial charge in [0.15, 0.2) is 0 Å². The molecule has 0 atom stereocenters. The fourth-order valence-corrected chi connectivity index (χ4v) is 3.72. The molecule has 0 fully saturated rings. The molecule has 0 aliphatic rings. The van der Waals surface area contributed by atoms with Crippen LogP contribution in [0.3, 0.4) is 0 Å². The number of aromatic nitrogens is 3. The van der Waals surface area contributed by atoms with Crippen LogP contribution in [0.4, 0.5) is 0 Å². The molecule has 0 saturated carbocycles. The van der Waals surface area contributed by atoms with Gasteiger partial charge in [0.2, 0.25) is 0 Å². The fraction of sp³-hybridized carbons (Fsp3) is 0.0833. The van der Waals surface area contributed by atoms with Gasteiger partial charge in [0.05, 0.1) is 16.7 Å². The molecule has 2 aromatic heterocycles. The summed E-state index contributed by atoms with van der Waals surface area (Å²) in [6.07, 6.45) is 1.90. The summed E-state index contributed by atoms with van der Waals surface area (Å²) in [7, 11) is 0. The van der Waals surface area contributed by atoms with Crippen molar-refractivity contribution in [2.75, 3.05) is 0 Å². The van der Waals surface area contributed by atoms with Crippen molar-refractivity contribution in [2.24, 2.45) is 0 Å². The zero-order valence-electron chi connectivity index (χ0n) is 15.6. The highest BCUT2D eigenvalue weighted by molar-refractivity contribution is 6.31. The number of fused-ring (bicyclic) bond motifs is 3. The van der Waals surface area contributed by atoms with Gasteiger partial charge in [0.25, 0.3) is 0 Å². The first-order valence-electron chi connectivity index (χ1n) is 9.21. The van der Waals surface area contributed by atoms with E-state index in [0.29, 0.717) is 5.02 Å². The standard InChI is InChI=1S/C24H18ClN3/c1-15-3-7-17(8-4-15)23-21-14-26-22-13-18(25)9-12-20(22)24(21)28(27-23)19-10-5-16(2)6-11-19/h3-14H,1-2H3. The van der Waals surface area contributed by atoms with Gasteiger partial charge in [-0.3, -0.25) is 4.98 Å². The van der Waals surface area contributed by atoms with Crippen LogP contribution in [-0.2, 0) is 0 Å². The van der Waals surface area contributed by atoms with E-state index in [-0.39, 0.29) is 0 Å². The fourth-order valence-electron chi connectivity index (χ4n) is 3.55. The van der Waals surface area contributed by atoms with E-state index in [1.165, 1.54) is 11.1 Å². The van der Waals surface area contributed by atoms with Crippen molar-refractivity contribution in [1.82, 2.24) is 14.8 Å². The largest absolute Gasteiger partial charge is 0.255 e. The Morgan fingerprint density at radius 1 is 0.786 bits per heavy atom. The molecule has 0 saturated heterocycles. The molecule has 0 spiro atoms. The van der Waals surface area contributed by atoms with Crippen molar-refractivity contribution in [1.29, 1.82) is 0 Å². The minimum absolute atomic E-state index is 0.680. The van der Waals surface area contributed by atoms with Crippen LogP contribution in [0.2, 0.25) is 5.02 Å². The SMILES string of the molecule is Cc1ccc(-c2nn(-c3ccc(C)cc3)c3c2cnc2cc(Cl)ccc23)cc1. The topological polar surface area (TPSA) is 30.7 Å².